The zero-order chi connectivity index (χ0) is 18.6. The SMILES string of the molecule is O=S(=O)(C=Cc1ccc(Cl)cc1)Nc1cc(Cl)ccc1N1CCOCC1. The molecule has 2 aromatic rings. The van der Waals surface area contributed by atoms with E-state index in [0.29, 0.717) is 42.0 Å². The van der Waals surface area contributed by atoms with Gasteiger partial charge in [0.1, 0.15) is 0 Å². The van der Waals surface area contributed by atoms with Gasteiger partial charge in [-0.25, -0.2) is 8.42 Å². The number of rotatable bonds is 5. The van der Waals surface area contributed by atoms with E-state index in [1.54, 1.807) is 36.4 Å². The molecule has 0 spiro atoms. The van der Waals surface area contributed by atoms with Crippen LogP contribution < -0.4 is 9.62 Å². The molecule has 3 rings (SSSR count). The summed E-state index contributed by atoms with van der Waals surface area (Å²) in [5.74, 6) is 0. The third-order valence-electron chi connectivity index (χ3n) is 3.87. The van der Waals surface area contributed by atoms with Crippen LogP contribution in [0.25, 0.3) is 6.08 Å². The van der Waals surface area contributed by atoms with Gasteiger partial charge in [0.05, 0.1) is 30.0 Å². The molecule has 0 amide bonds. The molecule has 0 aliphatic carbocycles. The lowest BCUT2D eigenvalue weighted by molar-refractivity contribution is 0.123. The molecular formula is C18H18Cl2N2O3S. The fourth-order valence-corrected chi connectivity index (χ4v) is 3.77. The van der Waals surface area contributed by atoms with Gasteiger partial charge in [0.25, 0.3) is 10.0 Å². The van der Waals surface area contributed by atoms with E-state index in [2.05, 4.69) is 9.62 Å². The minimum absolute atomic E-state index is 0.445. The Kier molecular flexibility index (Phi) is 6.09. The molecule has 1 heterocycles. The van der Waals surface area contributed by atoms with Gasteiger partial charge in [-0.2, -0.15) is 0 Å². The zero-order valence-corrected chi connectivity index (χ0v) is 16.2. The Hall–Kier alpha value is -1.73. The van der Waals surface area contributed by atoms with Crippen LogP contribution in [0.1, 0.15) is 5.56 Å². The van der Waals surface area contributed by atoms with Gasteiger partial charge in [0.2, 0.25) is 0 Å². The van der Waals surface area contributed by atoms with Gasteiger partial charge in [-0.3, -0.25) is 4.72 Å². The molecule has 1 aliphatic rings. The topological polar surface area (TPSA) is 58.6 Å². The van der Waals surface area contributed by atoms with Crippen LogP contribution in [0.15, 0.2) is 47.9 Å². The Bertz CT molecular complexity index is 893. The highest BCUT2D eigenvalue weighted by Crippen LogP contribution is 2.31. The van der Waals surface area contributed by atoms with E-state index < -0.39 is 10.0 Å². The van der Waals surface area contributed by atoms with E-state index in [1.165, 1.54) is 6.08 Å². The molecule has 0 bridgehead atoms. The van der Waals surface area contributed by atoms with E-state index >= 15 is 0 Å². The number of sulfonamides is 1. The van der Waals surface area contributed by atoms with Crippen LogP contribution in [0.4, 0.5) is 11.4 Å². The van der Waals surface area contributed by atoms with Gasteiger partial charge in [0.15, 0.2) is 0 Å². The van der Waals surface area contributed by atoms with Crippen molar-refractivity contribution in [2.24, 2.45) is 0 Å². The van der Waals surface area contributed by atoms with Crippen LogP contribution in [0.3, 0.4) is 0 Å². The van der Waals surface area contributed by atoms with Crippen LogP contribution in [0.2, 0.25) is 10.0 Å². The predicted molar refractivity (Wildman–Crippen MR) is 108 cm³/mol. The second-order valence-corrected chi connectivity index (χ2v) is 8.20. The lowest BCUT2D eigenvalue weighted by Gasteiger charge is -2.30. The summed E-state index contributed by atoms with van der Waals surface area (Å²) in [6.45, 7) is 2.59. The lowest BCUT2D eigenvalue weighted by atomic mass is 10.2. The molecule has 2 aromatic carbocycles. The van der Waals surface area contributed by atoms with Crippen molar-refractivity contribution in [1.82, 2.24) is 0 Å². The molecule has 8 heteroatoms. The molecule has 1 N–H and O–H groups in total. The number of halogens is 2. The van der Waals surface area contributed by atoms with Gasteiger partial charge in [0, 0.05) is 23.1 Å². The second kappa shape index (κ2) is 8.31. The summed E-state index contributed by atoms with van der Waals surface area (Å²) in [6, 6.07) is 12.1. The molecule has 0 saturated carbocycles. The van der Waals surface area contributed by atoms with Crippen molar-refractivity contribution in [2.75, 3.05) is 35.9 Å². The number of ether oxygens (including phenoxy) is 1. The standard InChI is InChI=1S/C18H18Cl2N2O3S/c19-15-3-1-14(2-4-15)7-12-26(23,24)21-17-13-16(20)5-6-18(17)22-8-10-25-11-9-22/h1-7,12-13,21H,8-11H2. The van der Waals surface area contributed by atoms with E-state index in [1.807, 2.05) is 6.07 Å². The summed E-state index contributed by atoms with van der Waals surface area (Å²) in [7, 11) is -3.70. The first kappa shape index (κ1) is 19.0. The van der Waals surface area contributed by atoms with Gasteiger partial charge in [-0.05, 0) is 42.0 Å². The first-order valence-electron chi connectivity index (χ1n) is 8.02. The van der Waals surface area contributed by atoms with E-state index in [9.17, 15) is 8.42 Å². The van der Waals surface area contributed by atoms with Crippen molar-refractivity contribution in [3.05, 3.63) is 63.5 Å². The Morgan fingerprint density at radius 3 is 2.35 bits per heavy atom. The van der Waals surface area contributed by atoms with Gasteiger partial charge in [-0.1, -0.05) is 35.3 Å². The van der Waals surface area contributed by atoms with Crippen molar-refractivity contribution in [3.8, 4) is 0 Å². The summed E-state index contributed by atoms with van der Waals surface area (Å²) in [5.41, 5.74) is 1.96. The zero-order valence-electron chi connectivity index (χ0n) is 13.9. The fourth-order valence-electron chi connectivity index (χ4n) is 2.60. The minimum atomic E-state index is -3.70. The number of nitrogens with zero attached hydrogens (tertiary/aromatic N) is 1. The molecule has 26 heavy (non-hydrogen) atoms. The van der Waals surface area contributed by atoms with Crippen LogP contribution in [-0.4, -0.2) is 34.7 Å². The average molecular weight is 413 g/mol. The number of hydrogen-bond acceptors (Lipinski definition) is 4. The maximum absolute atomic E-state index is 12.5. The number of nitrogens with one attached hydrogen (secondary N) is 1. The fraction of sp³-hybridized carbons (Fsp3) is 0.222. The summed E-state index contributed by atoms with van der Waals surface area (Å²) in [5, 5.41) is 2.18. The lowest BCUT2D eigenvalue weighted by Crippen LogP contribution is -2.36. The Morgan fingerprint density at radius 2 is 1.65 bits per heavy atom. The number of benzene rings is 2. The quantitative estimate of drug-likeness (QED) is 0.797. The number of hydrogen-bond donors (Lipinski definition) is 1. The molecular weight excluding hydrogens is 395 g/mol. The monoisotopic (exact) mass is 412 g/mol. The van der Waals surface area contributed by atoms with Crippen molar-refractivity contribution in [1.29, 1.82) is 0 Å². The van der Waals surface area contributed by atoms with Gasteiger partial charge in [-0.15, -0.1) is 0 Å². The molecule has 0 unspecified atom stereocenters. The predicted octanol–water partition coefficient (Wildman–Crippen LogP) is 4.24. The van der Waals surface area contributed by atoms with Crippen molar-refractivity contribution >= 4 is 50.7 Å². The Labute approximate surface area is 163 Å². The van der Waals surface area contributed by atoms with Crippen molar-refractivity contribution in [3.63, 3.8) is 0 Å². The summed E-state index contributed by atoms with van der Waals surface area (Å²) < 4.78 is 32.9. The maximum Gasteiger partial charge on any atom is 0.255 e. The van der Waals surface area contributed by atoms with Crippen LogP contribution in [-0.2, 0) is 14.8 Å². The molecule has 1 saturated heterocycles. The Balaban J connectivity index is 1.82. The van der Waals surface area contributed by atoms with Gasteiger partial charge < -0.3 is 9.64 Å². The molecule has 0 aromatic heterocycles. The molecule has 0 radical (unpaired) electrons. The smallest absolute Gasteiger partial charge is 0.255 e. The van der Waals surface area contributed by atoms with E-state index in [-0.39, 0.29) is 0 Å². The van der Waals surface area contributed by atoms with Crippen LogP contribution in [0.5, 0.6) is 0 Å². The second-order valence-electron chi connectivity index (χ2n) is 5.76. The van der Waals surface area contributed by atoms with Crippen LogP contribution in [0, 0.1) is 0 Å². The minimum Gasteiger partial charge on any atom is -0.378 e. The molecule has 0 atom stereocenters. The first-order valence-corrected chi connectivity index (χ1v) is 10.3. The third-order valence-corrected chi connectivity index (χ3v) is 5.36. The molecule has 1 fully saturated rings. The largest absolute Gasteiger partial charge is 0.378 e. The van der Waals surface area contributed by atoms with Crippen LogP contribution >= 0.6 is 23.2 Å². The van der Waals surface area contributed by atoms with Crippen molar-refractivity contribution < 1.29 is 13.2 Å². The summed E-state index contributed by atoms with van der Waals surface area (Å²) in [6.07, 6.45) is 1.51. The van der Waals surface area contributed by atoms with Gasteiger partial charge >= 0.3 is 0 Å². The third kappa shape index (κ3) is 5.14. The Morgan fingerprint density at radius 1 is 1.00 bits per heavy atom. The van der Waals surface area contributed by atoms with E-state index in [4.69, 9.17) is 27.9 Å². The van der Waals surface area contributed by atoms with Crippen molar-refractivity contribution in [2.45, 2.75) is 0 Å². The molecule has 5 nitrogen and oxygen atoms in total. The maximum atomic E-state index is 12.5. The summed E-state index contributed by atoms with van der Waals surface area (Å²) in [4.78, 5) is 2.07. The first-order chi connectivity index (χ1) is 12.4. The highest BCUT2D eigenvalue weighted by molar-refractivity contribution is 7.95. The number of anilines is 2. The van der Waals surface area contributed by atoms with E-state index in [0.717, 1.165) is 16.7 Å². The highest BCUT2D eigenvalue weighted by Gasteiger charge is 2.17. The average Bonchev–Trinajstić information content (AvgIpc) is 2.62. The molecule has 1 aliphatic heterocycles. The number of morpholine rings is 1. The summed E-state index contributed by atoms with van der Waals surface area (Å²) >= 11 is 11.9. The highest BCUT2D eigenvalue weighted by atomic mass is 35.5. The normalized spacial score (nSPS) is 15.4. The molecule has 138 valence electrons.